The van der Waals surface area contributed by atoms with E-state index in [9.17, 15) is 18.4 Å². The van der Waals surface area contributed by atoms with Crippen molar-refractivity contribution in [3.63, 3.8) is 0 Å². The Labute approximate surface area is 103 Å². The Bertz CT molecular complexity index is 450. The van der Waals surface area contributed by atoms with Crippen LogP contribution in [0.1, 0.15) is 23.7 Å². The van der Waals surface area contributed by atoms with Crippen LogP contribution >= 0.6 is 0 Å². The van der Waals surface area contributed by atoms with Gasteiger partial charge in [0.25, 0.3) is 5.91 Å². The molecule has 18 heavy (non-hydrogen) atoms. The first kappa shape index (κ1) is 14.1. The molecule has 1 aromatic rings. The van der Waals surface area contributed by atoms with Crippen molar-refractivity contribution in [1.82, 2.24) is 10.6 Å². The van der Waals surface area contributed by atoms with Gasteiger partial charge in [-0.3, -0.25) is 9.59 Å². The molecule has 98 valence electrons. The van der Waals surface area contributed by atoms with Gasteiger partial charge in [0.2, 0.25) is 5.91 Å². The molecule has 0 heterocycles. The molecule has 0 radical (unpaired) electrons. The molecule has 0 saturated carbocycles. The van der Waals surface area contributed by atoms with Crippen LogP contribution in [0.3, 0.4) is 0 Å². The highest BCUT2D eigenvalue weighted by atomic mass is 19.1. The second-order valence-electron chi connectivity index (χ2n) is 3.66. The number of hydrogen-bond donors (Lipinski definition) is 2. The SMILES string of the molecule is CCCNC(=O)CNC(=O)c1ccc(F)cc1F. The van der Waals surface area contributed by atoms with Gasteiger partial charge in [0.05, 0.1) is 12.1 Å². The van der Waals surface area contributed by atoms with Gasteiger partial charge in [0.15, 0.2) is 0 Å². The maximum absolute atomic E-state index is 13.2. The number of carbonyl (C=O) groups is 2. The highest BCUT2D eigenvalue weighted by Gasteiger charge is 2.13. The van der Waals surface area contributed by atoms with Gasteiger partial charge in [-0.2, -0.15) is 0 Å². The Morgan fingerprint density at radius 1 is 1.22 bits per heavy atom. The monoisotopic (exact) mass is 256 g/mol. The Balaban J connectivity index is 2.53. The molecular formula is C12H14F2N2O2. The van der Waals surface area contributed by atoms with E-state index in [0.29, 0.717) is 12.6 Å². The zero-order valence-corrected chi connectivity index (χ0v) is 9.93. The summed E-state index contributed by atoms with van der Waals surface area (Å²) in [6.07, 6.45) is 0.784. The lowest BCUT2D eigenvalue weighted by Gasteiger charge is -2.06. The van der Waals surface area contributed by atoms with Crippen LogP contribution < -0.4 is 10.6 Å². The van der Waals surface area contributed by atoms with Crippen molar-refractivity contribution in [1.29, 1.82) is 0 Å². The van der Waals surface area contributed by atoms with Crippen molar-refractivity contribution in [3.8, 4) is 0 Å². The van der Waals surface area contributed by atoms with Crippen LogP contribution in [0.25, 0.3) is 0 Å². The Hall–Kier alpha value is -1.98. The molecule has 0 aliphatic rings. The smallest absolute Gasteiger partial charge is 0.254 e. The fraction of sp³-hybridized carbons (Fsp3) is 0.333. The minimum Gasteiger partial charge on any atom is -0.355 e. The van der Waals surface area contributed by atoms with Crippen LogP contribution in [-0.2, 0) is 4.79 Å². The van der Waals surface area contributed by atoms with E-state index in [4.69, 9.17) is 0 Å². The van der Waals surface area contributed by atoms with Gasteiger partial charge in [0, 0.05) is 12.6 Å². The fourth-order valence-corrected chi connectivity index (χ4v) is 1.26. The molecule has 2 N–H and O–H groups in total. The van der Waals surface area contributed by atoms with E-state index in [1.807, 2.05) is 6.92 Å². The maximum atomic E-state index is 13.2. The summed E-state index contributed by atoms with van der Waals surface area (Å²) in [4.78, 5) is 22.7. The number of hydrogen-bond acceptors (Lipinski definition) is 2. The molecular weight excluding hydrogens is 242 g/mol. The quantitative estimate of drug-likeness (QED) is 0.832. The lowest BCUT2D eigenvalue weighted by atomic mass is 10.2. The number of benzene rings is 1. The lowest BCUT2D eigenvalue weighted by molar-refractivity contribution is -0.120. The van der Waals surface area contributed by atoms with Crippen molar-refractivity contribution in [2.75, 3.05) is 13.1 Å². The maximum Gasteiger partial charge on any atom is 0.254 e. The highest BCUT2D eigenvalue weighted by molar-refractivity contribution is 5.96. The predicted octanol–water partition coefficient (Wildman–Crippen LogP) is 1.22. The van der Waals surface area contributed by atoms with Crippen LogP contribution in [0.15, 0.2) is 18.2 Å². The molecule has 1 aromatic carbocycles. The first-order valence-corrected chi connectivity index (χ1v) is 5.54. The van der Waals surface area contributed by atoms with Crippen molar-refractivity contribution < 1.29 is 18.4 Å². The van der Waals surface area contributed by atoms with Crippen LogP contribution in [0.4, 0.5) is 8.78 Å². The van der Waals surface area contributed by atoms with Gasteiger partial charge in [-0.1, -0.05) is 6.92 Å². The van der Waals surface area contributed by atoms with Crippen LogP contribution in [0.5, 0.6) is 0 Å². The molecule has 0 bridgehead atoms. The Morgan fingerprint density at radius 2 is 1.94 bits per heavy atom. The van der Waals surface area contributed by atoms with E-state index in [1.165, 1.54) is 0 Å². The van der Waals surface area contributed by atoms with Gasteiger partial charge in [-0.05, 0) is 18.6 Å². The first-order valence-electron chi connectivity index (χ1n) is 5.54. The topological polar surface area (TPSA) is 58.2 Å². The number of carbonyl (C=O) groups excluding carboxylic acids is 2. The molecule has 0 aromatic heterocycles. The number of rotatable bonds is 5. The standard InChI is InChI=1S/C12H14F2N2O2/c1-2-5-15-11(17)7-16-12(18)9-4-3-8(13)6-10(9)14/h3-4,6H,2,5,7H2,1H3,(H,15,17)(H,16,18). The summed E-state index contributed by atoms with van der Waals surface area (Å²) in [6, 6.07) is 2.63. The predicted molar refractivity (Wildman–Crippen MR) is 62.0 cm³/mol. The molecule has 0 atom stereocenters. The summed E-state index contributed by atoms with van der Waals surface area (Å²) in [6.45, 7) is 2.17. The second-order valence-corrected chi connectivity index (χ2v) is 3.66. The fourth-order valence-electron chi connectivity index (χ4n) is 1.26. The Morgan fingerprint density at radius 3 is 2.56 bits per heavy atom. The molecule has 1 rings (SSSR count). The minimum atomic E-state index is -0.957. The van der Waals surface area contributed by atoms with Gasteiger partial charge >= 0.3 is 0 Å². The third kappa shape index (κ3) is 4.12. The van der Waals surface area contributed by atoms with E-state index >= 15 is 0 Å². The van der Waals surface area contributed by atoms with Crippen molar-refractivity contribution in [3.05, 3.63) is 35.4 Å². The number of nitrogens with one attached hydrogen (secondary N) is 2. The van der Waals surface area contributed by atoms with Gasteiger partial charge in [-0.15, -0.1) is 0 Å². The van der Waals surface area contributed by atoms with E-state index in [-0.39, 0.29) is 18.0 Å². The summed E-state index contributed by atoms with van der Waals surface area (Å²) >= 11 is 0. The van der Waals surface area contributed by atoms with Crippen LogP contribution in [0, 0.1) is 11.6 Å². The van der Waals surface area contributed by atoms with E-state index in [0.717, 1.165) is 18.6 Å². The van der Waals surface area contributed by atoms with Gasteiger partial charge in [-0.25, -0.2) is 8.78 Å². The normalized spacial score (nSPS) is 9.94. The molecule has 4 nitrogen and oxygen atoms in total. The zero-order chi connectivity index (χ0) is 13.5. The summed E-state index contributed by atoms with van der Waals surface area (Å²) in [5, 5.41) is 4.81. The molecule has 0 unspecified atom stereocenters. The highest BCUT2D eigenvalue weighted by Crippen LogP contribution is 2.08. The minimum absolute atomic E-state index is 0.240. The van der Waals surface area contributed by atoms with E-state index in [1.54, 1.807) is 0 Å². The molecule has 0 aliphatic carbocycles. The third-order valence-electron chi connectivity index (χ3n) is 2.16. The zero-order valence-electron chi connectivity index (χ0n) is 9.93. The summed E-state index contributed by atoms with van der Waals surface area (Å²) in [7, 11) is 0. The largest absolute Gasteiger partial charge is 0.355 e. The summed E-state index contributed by atoms with van der Waals surface area (Å²) in [5.41, 5.74) is -0.292. The number of amides is 2. The first-order chi connectivity index (χ1) is 8.54. The van der Waals surface area contributed by atoms with Crippen molar-refractivity contribution in [2.24, 2.45) is 0 Å². The average Bonchev–Trinajstić information content (AvgIpc) is 2.33. The summed E-state index contributed by atoms with van der Waals surface area (Å²) < 4.78 is 25.9. The Kier molecular flexibility index (Phi) is 5.23. The second kappa shape index (κ2) is 6.68. The third-order valence-corrected chi connectivity index (χ3v) is 2.16. The molecule has 2 amide bonds. The molecule has 0 spiro atoms. The molecule has 6 heteroatoms. The number of halogens is 2. The van der Waals surface area contributed by atoms with Crippen LogP contribution in [-0.4, -0.2) is 24.9 Å². The average molecular weight is 256 g/mol. The lowest BCUT2D eigenvalue weighted by Crippen LogP contribution is -2.37. The van der Waals surface area contributed by atoms with E-state index < -0.39 is 17.5 Å². The van der Waals surface area contributed by atoms with Crippen molar-refractivity contribution >= 4 is 11.8 Å². The van der Waals surface area contributed by atoms with Gasteiger partial charge < -0.3 is 10.6 Å². The molecule has 0 saturated heterocycles. The van der Waals surface area contributed by atoms with E-state index in [2.05, 4.69) is 10.6 Å². The molecule has 0 fully saturated rings. The van der Waals surface area contributed by atoms with Crippen molar-refractivity contribution in [2.45, 2.75) is 13.3 Å². The summed E-state index contributed by atoms with van der Waals surface area (Å²) in [5.74, 6) is -2.82. The van der Waals surface area contributed by atoms with Gasteiger partial charge in [0.1, 0.15) is 11.6 Å². The van der Waals surface area contributed by atoms with Crippen LogP contribution in [0.2, 0.25) is 0 Å². The molecule has 0 aliphatic heterocycles.